The number of benzene rings is 2. The summed E-state index contributed by atoms with van der Waals surface area (Å²) < 4.78 is 81.5. The van der Waals surface area contributed by atoms with Gasteiger partial charge >= 0.3 is 18.4 Å². The molecular formula is C29H29F6N3O4. The third-order valence-electron chi connectivity index (χ3n) is 8.06. The summed E-state index contributed by atoms with van der Waals surface area (Å²) in [6, 6.07) is 4.78. The van der Waals surface area contributed by atoms with Gasteiger partial charge in [0, 0.05) is 38.9 Å². The summed E-state index contributed by atoms with van der Waals surface area (Å²) in [5, 5.41) is 0. The summed E-state index contributed by atoms with van der Waals surface area (Å²) in [5.41, 5.74) is -2.09. The predicted octanol–water partition coefficient (Wildman–Crippen LogP) is 5.58. The van der Waals surface area contributed by atoms with Crippen LogP contribution in [-0.4, -0.2) is 65.4 Å². The van der Waals surface area contributed by atoms with Crippen molar-refractivity contribution in [3.63, 3.8) is 0 Å². The topological polar surface area (TPSA) is 78.0 Å². The van der Waals surface area contributed by atoms with Gasteiger partial charge in [0.1, 0.15) is 12.6 Å². The van der Waals surface area contributed by atoms with E-state index >= 15 is 0 Å². The maximum atomic E-state index is 14.1. The first-order valence-corrected chi connectivity index (χ1v) is 13.2. The number of amides is 3. The van der Waals surface area contributed by atoms with Crippen molar-refractivity contribution in [2.75, 3.05) is 20.1 Å². The van der Waals surface area contributed by atoms with Crippen LogP contribution in [0.4, 0.5) is 31.1 Å². The molecule has 4 rings (SSSR count). The van der Waals surface area contributed by atoms with E-state index < -0.39 is 65.5 Å². The number of nitrogens with zero attached hydrogens (tertiary/aromatic N) is 3. The van der Waals surface area contributed by atoms with Crippen molar-refractivity contribution in [3.8, 4) is 0 Å². The molecule has 2 heterocycles. The fraction of sp³-hybridized carbons (Fsp3) is 0.448. The molecule has 2 saturated heterocycles. The van der Waals surface area contributed by atoms with Crippen molar-refractivity contribution in [1.82, 2.24) is 14.7 Å². The van der Waals surface area contributed by atoms with Crippen molar-refractivity contribution in [1.29, 1.82) is 0 Å². The van der Waals surface area contributed by atoms with Gasteiger partial charge < -0.3 is 24.3 Å². The molecule has 4 unspecified atom stereocenters. The molecule has 42 heavy (non-hydrogen) atoms. The second-order valence-corrected chi connectivity index (χ2v) is 10.6. The van der Waals surface area contributed by atoms with E-state index in [0.29, 0.717) is 30.3 Å². The van der Waals surface area contributed by atoms with Gasteiger partial charge in [0.15, 0.2) is 0 Å². The van der Waals surface area contributed by atoms with Gasteiger partial charge in [-0.15, -0.1) is 0 Å². The number of carbonyl (C=O) groups excluding carboxylic acids is 4. The smallest absolute Gasteiger partial charge is 0.335 e. The minimum atomic E-state index is -5.11. The summed E-state index contributed by atoms with van der Waals surface area (Å²) >= 11 is 0. The first kappa shape index (κ1) is 31.0. The Morgan fingerprint density at radius 1 is 1.00 bits per heavy atom. The van der Waals surface area contributed by atoms with Crippen molar-refractivity contribution in [2.45, 2.75) is 56.7 Å². The molecule has 226 valence electrons. The highest BCUT2D eigenvalue weighted by Gasteiger charge is 2.50. The summed E-state index contributed by atoms with van der Waals surface area (Å²) in [6.45, 7) is 1.96. The second kappa shape index (κ2) is 11.8. The number of aldehydes is 2. The van der Waals surface area contributed by atoms with E-state index in [1.54, 1.807) is 23.1 Å². The molecule has 2 aliphatic heterocycles. The normalized spacial score (nSPS) is 21.6. The van der Waals surface area contributed by atoms with Gasteiger partial charge in [0.25, 0.3) is 0 Å². The van der Waals surface area contributed by atoms with Crippen LogP contribution in [0.5, 0.6) is 0 Å². The fourth-order valence-electron chi connectivity index (χ4n) is 5.99. The summed E-state index contributed by atoms with van der Waals surface area (Å²) in [6.07, 6.45) is -9.48. The van der Waals surface area contributed by atoms with Crippen LogP contribution in [0.3, 0.4) is 0 Å². The molecular weight excluding hydrogens is 568 g/mol. The largest absolute Gasteiger partial charge is 0.416 e. The number of hydrogen-bond donors (Lipinski definition) is 0. The highest BCUT2D eigenvalue weighted by atomic mass is 19.4. The molecule has 0 radical (unpaired) electrons. The second-order valence-electron chi connectivity index (χ2n) is 10.6. The molecule has 0 N–H and O–H groups in total. The number of carbonyl (C=O) groups is 4. The number of aryl methyl sites for hydroxylation is 1. The van der Waals surface area contributed by atoms with E-state index in [2.05, 4.69) is 0 Å². The first-order valence-electron chi connectivity index (χ1n) is 13.2. The van der Waals surface area contributed by atoms with Crippen LogP contribution in [0.15, 0.2) is 42.5 Å². The first-order chi connectivity index (χ1) is 19.7. The lowest BCUT2D eigenvalue weighted by Crippen LogP contribution is -2.57. The molecule has 2 fully saturated rings. The molecule has 2 aromatic rings. The zero-order valence-corrected chi connectivity index (χ0v) is 22.8. The number of piperazine rings is 1. The third-order valence-corrected chi connectivity index (χ3v) is 8.06. The highest BCUT2D eigenvalue weighted by Crippen LogP contribution is 2.43. The van der Waals surface area contributed by atoms with E-state index in [1.165, 1.54) is 11.9 Å². The average molecular weight is 598 g/mol. The van der Waals surface area contributed by atoms with Crippen molar-refractivity contribution in [2.24, 2.45) is 5.92 Å². The van der Waals surface area contributed by atoms with E-state index in [9.17, 15) is 45.5 Å². The van der Waals surface area contributed by atoms with Crippen LogP contribution < -0.4 is 0 Å². The maximum Gasteiger partial charge on any atom is 0.416 e. The molecule has 0 spiro atoms. The standard InChI is InChI=1S/C29H29F6N3O4/c1-17-5-3-4-6-22(17)25-24-15-18(7-11-39)26(41)37(24)9-10-38(25)27(42)36(2)23(8-12-40)19-13-20(28(30,31)32)16-21(14-19)29(33,34)35/h3-6,11-14,16,18,23-25H,7-10,15H2,1-2H3. The van der Waals surface area contributed by atoms with Gasteiger partial charge in [-0.05, 0) is 48.2 Å². The van der Waals surface area contributed by atoms with Gasteiger partial charge in [-0.3, -0.25) is 4.79 Å². The fourth-order valence-corrected chi connectivity index (χ4v) is 5.99. The van der Waals surface area contributed by atoms with Crippen molar-refractivity contribution < 1.29 is 45.5 Å². The minimum absolute atomic E-state index is 0.0103. The number of rotatable bonds is 7. The Morgan fingerprint density at radius 3 is 2.17 bits per heavy atom. The number of halogens is 6. The predicted molar refractivity (Wildman–Crippen MR) is 138 cm³/mol. The van der Waals surface area contributed by atoms with Gasteiger partial charge in [-0.25, -0.2) is 4.79 Å². The zero-order valence-electron chi connectivity index (χ0n) is 22.8. The summed E-state index contributed by atoms with van der Waals surface area (Å²) in [7, 11) is 1.22. The molecule has 2 aromatic carbocycles. The highest BCUT2D eigenvalue weighted by molar-refractivity contribution is 5.85. The molecule has 3 amide bonds. The number of urea groups is 1. The van der Waals surface area contributed by atoms with E-state index in [-0.39, 0.29) is 37.9 Å². The van der Waals surface area contributed by atoms with Crippen LogP contribution in [0.1, 0.15) is 59.2 Å². The Kier molecular flexibility index (Phi) is 8.70. The van der Waals surface area contributed by atoms with Gasteiger partial charge in [-0.2, -0.15) is 26.3 Å². The van der Waals surface area contributed by atoms with Crippen LogP contribution in [0, 0.1) is 12.8 Å². The molecule has 0 aliphatic carbocycles. The van der Waals surface area contributed by atoms with E-state index in [4.69, 9.17) is 0 Å². The molecule has 2 aliphatic rings. The van der Waals surface area contributed by atoms with Gasteiger partial charge in [-0.1, -0.05) is 24.3 Å². The summed E-state index contributed by atoms with van der Waals surface area (Å²) in [4.78, 5) is 53.9. The quantitative estimate of drug-likeness (QED) is 0.309. The minimum Gasteiger partial charge on any atom is -0.335 e. The van der Waals surface area contributed by atoms with Gasteiger partial charge in [0.05, 0.1) is 29.3 Å². The lowest BCUT2D eigenvalue weighted by atomic mass is 9.89. The van der Waals surface area contributed by atoms with Crippen molar-refractivity contribution in [3.05, 3.63) is 70.3 Å². The molecule has 0 bridgehead atoms. The van der Waals surface area contributed by atoms with Crippen LogP contribution >= 0.6 is 0 Å². The van der Waals surface area contributed by atoms with E-state index in [0.717, 1.165) is 10.5 Å². The SMILES string of the molecule is Cc1ccccc1C1C2CC(CC=O)C(=O)N2CCN1C(=O)N(C)C(CC=O)c1cc(C(F)(F)F)cc(C(F)(F)F)c1. The monoisotopic (exact) mass is 597 g/mol. The van der Waals surface area contributed by atoms with Gasteiger partial charge in [0.2, 0.25) is 5.91 Å². The Labute approximate surface area is 238 Å². The molecule has 0 aromatic heterocycles. The summed E-state index contributed by atoms with van der Waals surface area (Å²) in [5.74, 6) is -0.783. The van der Waals surface area contributed by atoms with Crippen LogP contribution in [-0.2, 0) is 26.7 Å². The Bertz CT molecular complexity index is 1330. The lowest BCUT2D eigenvalue weighted by molar-refractivity contribution is -0.143. The van der Waals surface area contributed by atoms with E-state index in [1.807, 2.05) is 13.0 Å². The Hall–Kier alpha value is -3.90. The number of fused-ring (bicyclic) bond motifs is 1. The molecule has 7 nitrogen and oxygen atoms in total. The van der Waals surface area contributed by atoms with Crippen LogP contribution in [0.2, 0.25) is 0 Å². The Balaban J connectivity index is 1.76. The number of alkyl halides is 6. The third kappa shape index (κ3) is 6.00. The maximum absolute atomic E-state index is 14.1. The molecule has 4 atom stereocenters. The average Bonchev–Trinajstić information content (AvgIpc) is 3.25. The molecule has 0 saturated carbocycles. The zero-order chi connectivity index (χ0) is 31.0. The Morgan fingerprint density at radius 2 is 1.62 bits per heavy atom. The number of hydrogen-bond acceptors (Lipinski definition) is 4. The lowest BCUT2D eigenvalue weighted by Gasteiger charge is -2.47. The van der Waals surface area contributed by atoms with Crippen LogP contribution in [0.25, 0.3) is 0 Å². The molecule has 13 heteroatoms. The van der Waals surface area contributed by atoms with Crippen molar-refractivity contribution >= 4 is 24.5 Å².